The van der Waals surface area contributed by atoms with E-state index in [1.165, 1.54) is 6.20 Å². The maximum atomic E-state index is 13.5. The molecule has 1 atom stereocenters. The number of aromatic nitrogens is 3. The second-order valence-electron chi connectivity index (χ2n) is 8.68. The Morgan fingerprint density at radius 1 is 1.11 bits per heavy atom. The van der Waals surface area contributed by atoms with Crippen molar-refractivity contribution in [3.8, 4) is 11.5 Å². The number of para-hydroxylation sites is 1. The van der Waals surface area contributed by atoms with Crippen molar-refractivity contribution < 1.29 is 14.3 Å². The van der Waals surface area contributed by atoms with E-state index in [4.69, 9.17) is 4.42 Å². The van der Waals surface area contributed by atoms with Gasteiger partial charge in [0.05, 0.1) is 22.6 Å². The summed E-state index contributed by atoms with van der Waals surface area (Å²) in [6, 6.07) is 14.5. The van der Waals surface area contributed by atoms with Gasteiger partial charge in [-0.3, -0.25) is 9.48 Å². The van der Waals surface area contributed by atoms with E-state index in [9.17, 15) is 14.7 Å². The number of nitrogens with zero attached hydrogens (tertiary/aromatic N) is 3. The maximum Gasteiger partial charge on any atom is 0.356 e. The number of anilines is 1. The molecule has 0 spiro atoms. The van der Waals surface area contributed by atoms with Crippen molar-refractivity contribution in [2.24, 2.45) is 7.05 Å². The molecule has 0 aliphatic rings. The molecular weight excluding hydrogens is 444 g/mol. The van der Waals surface area contributed by atoms with Gasteiger partial charge >= 0.3 is 5.97 Å². The zero-order chi connectivity index (χ0) is 24.9. The predicted octanol–water partition coefficient (Wildman–Crippen LogP) is 5.23. The van der Waals surface area contributed by atoms with Crippen LogP contribution in [-0.4, -0.2) is 25.8 Å². The fourth-order valence-corrected chi connectivity index (χ4v) is 4.50. The number of fused-ring (bicyclic) bond motifs is 2. The molecule has 2 N–H and O–H groups in total. The van der Waals surface area contributed by atoms with Crippen molar-refractivity contribution >= 4 is 33.5 Å². The van der Waals surface area contributed by atoms with Gasteiger partial charge in [-0.15, -0.1) is 0 Å². The van der Waals surface area contributed by atoms with Crippen LogP contribution in [0.3, 0.4) is 0 Å². The van der Waals surface area contributed by atoms with E-state index in [2.05, 4.69) is 15.4 Å². The molecule has 3 aromatic heterocycles. The number of hydrogen-bond acceptors (Lipinski definition) is 6. The zero-order valence-corrected chi connectivity index (χ0v) is 19.8. The molecule has 0 aliphatic heterocycles. The molecule has 2 aromatic carbocycles. The molecule has 0 amide bonds. The van der Waals surface area contributed by atoms with Gasteiger partial charge in [-0.2, -0.15) is 5.10 Å². The number of aryl methyl sites for hydroxylation is 2. The SMILES string of the molecule is Cc1cc([C@@H](C)Nc2cccnc2C(=O)O)c2oc(-c3nn(C)c4ccccc34)c(C)c(=O)c2c1. The van der Waals surface area contributed by atoms with Crippen LogP contribution >= 0.6 is 0 Å². The van der Waals surface area contributed by atoms with Gasteiger partial charge in [-0.25, -0.2) is 9.78 Å². The predicted molar refractivity (Wildman–Crippen MR) is 135 cm³/mol. The lowest BCUT2D eigenvalue weighted by molar-refractivity contribution is 0.0691. The van der Waals surface area contributed by atoms with Crippen molar-refractivity contribution in [2.45, 2.75) is 26.8 Å². The summed E-state index contributed by atoms with van der Waals surface area (Å²) in [4.78, 5) is 29.1. The minimum absolute atomic E-state index is 0.0748. The van der Waals surface area contributed by atoms with Crippen LogP contribution < -0.4 is 10.7 Å². The standard InChI is InChI=1S/C27H24N4O4/c1-14-12-18(16(3)29-20-9-7-11-28-23(20)27(33)34)26-19(13-14)24(32)15(2)25(35-26)22-17-8-5-6-10-21(17)31(4)30-22/h5-13,16,29H,1-4H3,(H,33,34)/t16-/m1/s1. The zero-order valence-electron chi connectivity index (χ0n) is 19.8. The molecule has 0 fully saturated rings. The first-order valence-electron chi connectivity index (χ1n) is 11.2. The number of rotatable bonds is 5. The highest BCUT2D eigenvalue weighted by Gasteiger charge is 2.23. The molecule has 0 radical (unpaired) electrons. The summed E-state index contributed by atoms with van der Waals surface area (Å²) in [6.07, 6.45) is 1.44. The van der Waals surface area contributed by atoms with Crippen molar-refractivity contribution in [1.29, 1.82) is 0 Å². The smallest absolute Gasteiger partial charge is 0.356 e. The first kappa shape index (κ1) is 22.3. The lowest BCUT2D eigenvalue weighted by atomic mass is 9.99. The molecule has 0 saturated heterocycles. The monoisotopic (exact) mass is 468 g/mol. The van der Waals surface area contributed by atoms with Crippen LogP contribution in [0.5, 0.6) is 0 Å². The molecule has 0 unspecified atom stereocenters. The fraction of sp³-hybridized carbons (Fsp3) is 0.185. The van der Waals surface area contributed by atoms with Gasteiger partial charge in [0.1, 0.15) is 11.3 Å². The molecule has 8 heteroatoms. The van der Waals surface area contributed by atoms with Gasteiger partial charge in [0, 0.05) is 29.8 Å². The molecule has 176 valence electrons. The molecule has 8 nitrogen and oxygen atoms in total. The summed E-state index contributed by atoms with van der Waals surface area (Å²) in [7, 11) is 1.86. The van der Waals surface area contributed by atoms with Gasteiger partial charge in [-0.1, -0.05) is 24.3 Å². The highest BCUT2D eigenvalue weighted by Crippen LogP contribution is 2.34. The number of benzene rings is 2. The van der Waals surface area contributed by atoms with Gasteiger partial charge < -0.3 is 14.8 Å². The van der Waals surface area contributed by atoms with Gasteiger partial charge in [0.15, 0.2) is 16.9 Å². The Balaban J connectivity index is 1.72. The molecule has 5 rings (SSSR count). The number of pyridine rings is 1. The van der Waals surface area contributed by atoms with Crippen molar-refractivity contribution in [3.05, 3.63) is 87.3 Å². The van der Waals surface area contributed by atoms with Gasteiger partial charge in [-0.05, 0) is 50.6 Å². The van der Waals surface area contributed by atoms with Crippen LogP contribution in [-0.2, 0) is 7.05 Å². The van der Waals surface area contributed by atoms with Crippen LogP contribution in [0.25, 0.3) is 33.3 Å². The van der Waals surface area contributed by atoms with E-state index in [1.54, 1.807) is 23.7 Å². The second kappa shape index (κ2) is 8.39. The van der Waals surface area contributed by atoms with E-state index in [0.717, 1.165) is 22.0 Å². The fourth-order valence-electron chi connectivity index (χ4n) is 4.50. The highest BCUT2D eigenvalue weighted by atomic mass is 16.4. The Hall–Kier alpha value is -4.46. The molecule has 35 heavy (non-hydrogen) atoms. The normalized spacial score (nSPS) is 12.2. The second-order valence-corrected chi connectivity index (χ2v) is 8.68. The summed E-state index contributed by atoms with van der Waals surface area (Å²) in [6.45, 7) is 5.56. The third-order valence-electron chi connectivity index (χ3n) is 6.21. The molecule has 0 bridgehead atoms. The molecular formula is C27H24N4O4. The maximum absolute atomic E-state index is 13.5. The highest BCUT2D eigenvalue weighted by molar-refractivity contribution is 5.94. The van der Waals surface area contributed by atoms with Crippen molar-refractivity contribution in [3.63, 3.8) is 0 Å². The summed E-state index contributed by atoms with van der Waals surface area (Å²) in [5.74, 6) is -0.704. The van der Waals surface area contributed by atoms with Crippen LogP contribution in [0.15, 0.2) is 63.9 Å². The van der Waals surface area contributed by atoms with Gasteiger partial charge in [0.25, 0.3) is 0 Å². The number of carboxylic acids is 1. The Labute approximate surface area is 200 Å². The van der Waals surface area contributed by atoms with Crippen molar-refractivity contribution in [2.75, 3.05) is 5.32 Å². The Kier molecular flexibility index (Phi) is 5.36. The first-order valence-corrected chi connectivity index (χ1v) is 11.2. The molecule has 3 heterocycles. The van der Waals surface area contributed by atoms with E-state index >= 15 is 0 Å². The molecule has 0 aliphatic carbocycles. The lowest BCUT2D eigenvalue weighted by Crippen LogP contribution is -2.14. The summed E-state index contributed by atoms with van der Waals surface area (Å²) in [5, 5.41) is 18.8. The molecule has 5 aromatic rings. The number of hydrogen-bond donors (Lipinski definition) is 2. The summed E-state index contributed by atoms with van der Waals surface area (Å²) >= 11 is 0. The number of carbonyl (C=O) groups is 1. The van der Waals surface area contributed by atoms with Crippen molar-refractivity contribution in [1.82, 2.24) is 14.8 Å². The first-order chi connectivity index (χ1) is 16.8. The Morgan fingerprint density at radius 2 is 1.89 bits per heavy atom. The summed E-state index contributed by atoms with van der Waals surface area (Å²) < 4.78 is 8.22. The summed E-state index contributed by atoms with van der Waals surface area (Å²) in [5.41, 5.74) is 4.28. The van der Waals surface area contributed by atoms with E-state index in [0.29, 0.717) is 33.7 Å². The largest absolute Gasteiger partial charge is 0.476 e. The minimum Gasteiger partial charge on any atom is -0.476 e. The van der Waals surface area contributed by atoms with E-state index in [-0.39, 0.29) is 17.2 Å². The van der Waals surface area contributed by atoms with E-state index < -0.39 is 5.97 Å². The topological polar surface area (TPSA) is 110 Å². The average Bonchev–Trinajstić information content (AvgIpc) is 3.17. The molecule has 0 saturated carbocycles. The average molecular weight is 469 g/mol. The van der Waals surface area contributed by atoms with E-state index in [1.807, 2.05) is 57.3 Å². The lowest BCUT2D eigenvalue weighted by Gasteiger charge is -2.19. The van der Waals surface area contributed by atoms with Crippen LogP contribution in [0.2, 0.25) is 0 Å². The number of carboxylic acid groups (broad SMARTS) is 1. The minimum atomic E-state index is -1.12. The number of aromatic carboxylic acids is 1. The third-order valence-corrected chi connectivity index (χ3v) is 6.21. The quantitative estimate of drug-likeness (QED) is 0.363. The van der Waals surface area contributed by atoms with Crippen LogP contribution in [0.4, 0.5) is 5.69 Å². The Morgan fingerprint density at radius 3 is 2.66 bits per heavy atom. The van der Waals surface area contributed by atoms with Crippen LogP contribution in [0.1, 0.15) is 40.1 Å². The third kappa shape index (κ3) is 3.73. The Bertz CT molecular complexity index is 1680. The van der Waals surface area contributed by atoms with Gasteiger partial charge in [0.2, 0.25) is 0 Å². The number of nitrogens with one attached hydrogen (secondary N) is 1. The van der Waals surface area contributed by atoms with Crippen LogP contribution in [0, 0.1) is 13.8 Å².